The molecule has 0 fully saturated rings. The van der Waals surface area contributed by atoms with E-state index < -0.39 is 5.97 Å². The molecule has 2 aliphatic rings. The smallest absolute Gasteiger partial charge is 0.335 e. The predicted octanol–water partition coefficient (Wildman–Crippen LogP) is 33.0. The van der Waals surface area contributed by atoms with Crippen LogP contribution in [0.3, 0.4) is 0 Å². The number of unbranched alkanes of at least 4 members (excludes halogenated alkanes) is 32. The van der Waals surface area contributed by atoms with Gasteiger partial charge in [-0.15, -0.1) is 0 Å². The summed E-state index contributed by atoms with van der Waals surface area (Å²) >= 11 is 1.12. The minimum atomic E-state index is -0.992. The Morgan fingerprint density at radius 1 is 0.331 bits per heavy atom. The molecule has 17 nitrogen and oxygen atoms in total. The van der Waals surface area contributed by atoms with Crippen LogP contribution in [0.25, 0.3) is 90.8 Å². The summed E-state index contributed by atoms with van der Waals surface area (Å²) in [5.74, 6) is 11.9. The van der Waals surface area contributed by atoms with E-state index in [1.54, 1.807) is 12.1 Å². The molecule has 0 spiro atoms. The minimum absolute atomic E-state index is 0.199. The van der Waals surface area contributed by atoms with Gasteiger partial charge in [-0.1, -0.05) is 303 Å². The molecule has 18 heteroatoms. The first kappa shape index (κ1) is 101. The Hall–Kier alpha value is -11.0. The largest absolute Gasteiger partial charge is 0.493 e. The summed E-state index contributed by atoms with van der Waals surface area (Å²) in [4.78, 5) is 34.8. The number of nitrogens with one attached hydrogen (secondary N) is 2. The Balaban J connectivity index is 1.22. The molecule has 0 amide bonds. The van der Waals surface area contributed by atoms with E-state index in [0.717, 1.165) is 253 Å². The molecule has 12 rings (SSSR count). The van der Waals surface area contributed by atoms with Crippen molar-refractivity contribution in [3.8, 4) is 91.2 Å². The molecule has 133 heavy (non-hydrogen) atoms. The van der Waals surface area contributed by atoms with E-state index in [1.165, 1.54) is 77.0 Å². The van der Waals surface area contributed by atoms with Gasteiger partial charge in [-0.3, -0.25) is 0 Å². The van der Waals surface area contributed by atoms with Crippen molar-refractivity contribution in [3.05, 3.63) is 173 Å². The molecule has 710 valence electrons. The molecule has 4 aromatic heterocycles. The number of fused-ring (bicyclic) bond motifs is 9. The van der Waals surface area contributed by atoms with Gasteiger partial charge in [-0.25, -0.2) is 14.8 Å². The van der Waals surface area contributed by atoms with E-state index >= 15 is 0 Å². The van der Waals surface area contributed by atoms with Gasteiger partial charge in [-0.2, -0.15) is 8.75 Å². The van der Waals surface area contributed by atoms with Crippen LogP contribution < -0.4 is 42.8 Å². The Kier molecular flexibility index (Phi) is 42.7. The highest BCUT2D eigenvalue weighted by Gasteiger charge is 2.29. The zero-order valence-corrected chi connectivity index (χ0v) is 82.0. The van der Waals surface area contributed by atoms with Crippen LogP contribution in [-0.4, -0.2) is 92.6 Å². The highest BCUT2D eigenvalue weighted by Crippen LogP contribution is 2.50. The lowest BCUT2D eigenvalue weighted by molar-refractivity contribution is 0.0696. The van der Waals surface area contributed by atoms with E-state index in [0.29, 0.717) is 155 Å². The number of ether oxygens (including phenoxy) is 8. The third-order valence-electron chi connectivity index (χ3n) is 24.9. The van der Waals surface area contributed by atoms with Crippen molar-refractivity contribution in [3.63, 3.8) is 0 Å². The van der Waals surface area contributed by atoms with Crippen LogP contribution in [0.2, 0.25) is 0 Å². The second kappa shape index (κ2) is 56.2. The number of benzene rings is 6. The number of hydrogen-bond acceptors (Lipinski definition) is 15. The summed E-state index contributed by atoms with van der Waals surface area (Å²) < 4.78 is 66.8. The normalized spacial score (nSPS) is 11.6. The Morgan fingerprint density at radius 3 is 1.06 bits per heavy atom. The predicted molar refractivity (Wildman–Crippen MR) is 554 cm³/mol. The van der Waals surface area contributed by atoms with Gasteiger partial charge in [0.2, 0.25) is 0 Å². The first-order valence-electron chi connectivity index (χ1n) is 51.2. The van der Waals surface area contributed by atoms with Crippen LogP contribution in [0.15, 0.2) is 133 Å². The molecular weight excluding hydrogens is 1670 g/mol. The van der Waals surface area contributed by atoms with Gasteiger partial charge in [0.25, 0.3) is 0 Å². The number of H-pyrrole nitrogens is 2. The molecule has 6 heterocycles. The molecule has 0 saturated carbocycles. The van der Waals surface area contributed by atoms with Gasteiger partial charge in [0, 0.05) is 64.1 Å². The molecule has 0 atom stereocenters. The third kappa shape index (κ3) is 30.0. The first-order valence-corrected chi connectivity index (χ1v) is 52.0. The van der Waals surface area contributed by atoms with Crippen molar-refractivity contribution in [1.82, 2.24) is 28.7 Å². The number of nitrogens with zero attached hydrogens (tertiary/aromatic N) is 5. The van der Waals surface area contributed by atoms with E-state index in [-0.39, 0.29) is 5.56 Å². The van der Waals surface area contributed by atoms with Crippen LogP contribution in [0.4, 0.5) is 17.1 Å². The maximum atomic E-state index is 12.1. The van der Waals surface area contributed by atoms with Crippen LogP contribution in [0.1, 0.15) is 356 Å². The lowest BCUT2D eigenvalue weighted by atomic mass is 10.00. The summed E-state index contributed by atoms with van der Waals surface area (Å²) in [6, 6.07) is 44.8. The van der Waals surface area contributed by atoms with Crippen LogP contribution >= 0.6 is 11.7 Å². The highest BCUT2D eigenvalue weighted by molar-refractivity contribution is 7.00. The number of anilines is 3. The van der Waals surface area contributed by atoms with Crippen molar-refractivity contribution in [1.29, 1.82) is 0 Å². The molecule has 6 aromatic carbocycles. The number of carboxylic acids is 1. The van der Waals surface area contributed by atoms with E-state index in [1.807, 2.05) is 24.3 Å². The fraction of sp³-hybridized carbons (Fsp3) is 0.487. The molecule has 0 unspecified atom stereocenters. The monoisotopic (exact) mass is 1820 g/mol. The number of aromatic amines is 2. The zero-order chi connectivity index (χ0) is 92.8. The molecule has 0 aliphatic carbocycles. The van der Waals surface area contributed by atoms with Gasteiger partial charge >= 0.3 is 5.97 Å². The van der Waals surface area contributed by atoms with E-state index in [9.17, 15) is 9.90 Å². The van der Waals surface area contributed by atoms with Crippen molar-refractivity contribution >= 4 is 92.2 Å². The molecule has 8 bridgehead atoms. The second-order valence-corrected chi connectivity index (χ2v) is 36.3. The number of carbonyl (C=O) groups is 1. The lowest BCUT2D eigenvalue weighted by Crippen LogP contribution is -2.14. The number of rotatable bonds is 63. The van der Waals surface area contributed by atoms with Gasteiger partial charge in [0.05, 0.1) is 143 Å². The molecule has 2 aliphatic heterocycles. The minimum Gasteiger partial charge on any atom is -0.493 e. The topological polar surface area (TPSA) is 198 Å². The Bertz CT molecular complexity index is 5260. The van der Waals surface area contributed by atoms with Crippen LogP contribution in [0.5, 0.6) is 46.0 Å². The summed E-state index contributed by atoms with van der Waals surface area (Å²) in [6.45, 7) is 22.2. The van der Waals surface area contributed by atoms with Gasteiger partial charge in [0.1, 0.15) is 57.0 Å². The summed E-state index contributed by atoms with van der Waals surface area (Å²) in [5.41, 5.74) is 15.2. The summed E-state index contributed by atoms with van der Waals surface area (Å²) in [7, 11) is 0. The van der Waals surface area contributed by atoms with Crippen LogP contribution in [0, 0.1) is 11.8 Å². The highest BCUT2D eigenvalue weighted by atomic mass is 32.1. The third-order valence-corrected chi connectivity index (χ3v) is 25.5. The molecule has 0 radical (unpaired) electrons. The van der Waals surface area contributed by atoms with Crippen molar-refractivity contribution in [2.24, 2.45) is 0 Å². The number of aromatic carboxylic acids is 1. The second-order valence-electron chi connectivity index (χ2n) is 35.8. The quantitative estimate of drug-likeness (QED) is 0.0240. The van der Waals surface area contributed by atoms with Gasteiger partial charge in [0.15, 0.2) is 0 Å². The fourth-order valence-electron chi connectivity index (χ4n) is 17.4. The van der Waals surface area contributed by atoms with Gasteiger partial charge < -0.3 is 57.9 Å². The lowest BCUT2D eigenvalue weighted by Gasteiger charge is -2.28. The molecule has 10 aromatic rings. The average Bonchev–Trinajstić information content (AvgIpc) is 1.62. The molecular formula is C115H149N7O10S. The molecule has 0 saturated heterocycles. The van der Waals surface area contributed by atoms with Crippen molar-refractivity contribution in [2.45, 2.75) is 312 Å². The number of aromatic nitrogens is 6. The van der Waals surface area contributed by atoms with Crippen molar-refractivity contribution < 1.29 is 47.8 Å². The van der Waals surface area contributed by atoms with Crippen LogP contribution in [-0.2, 0) is 0 Å². The fourth-order valence-corrected chi connectivity index (χ4v) is 18.0. The molecule has 3 N–H and O–H groups in total. The first-order chi connectivity index (χ1) is 65.6. The maximum absolute atomic E-state index is 12.1. The summed E-state index contributed by atoms with van der Waals surface area (Å²) in [6.07, 6.45) is 51.8. The average molecular weight is 1820 g/mol. The Labute approximate surface area is 797 Å². The SMILES string of the molecule is CCCCCCCCOc1cccc(OCCCCCCCC)c1-c1c2nc(c(N(c3cc(OCCCCCC)cc(OCCCCCC)c3)c3cc(OCCCCCC)cc(OCCCCCC)c3)c3ccc([nH]3)c(-c3c(OCCCCCCCC)cccc3OCCCCCCCC)c3nc(c(C#Cc4ccc(-c5ccc(C(=O)O)cc5)c5nsnc45)c4ccc1[nH]4)C=C3)C=C2. The Morgan fingerprint density at radius 2 is 0.662 bits per heavy atom. The number of hydrogen-bond donors (Lipinski definition) is 3. The van der Waals surface area contributed by atoms with E-state index in [4.69, 9.17) is 56.6 Å². The standard InChI is InChI=1S/C115H149N7O10S/c1-9-17-25-33-37-45-75-129-104-51-49-52-105(130-76-46-38-34-26-18-10-2)110(104)108-98-65-63-96(116-98)95(62-60-86-59-61-94(113-112(86)120-133-121-113)85-55-57-87(58-56-85)115(123)124)97-64-66-99(117-97)109(111-106(131-77-47-39-35-27-19-11-3)53-50-54-107(111)132-78-48-40-36-28-20-12-4)101-68-70-103(119-101)114(102-69-67-100(108)118-102)122(88-79-90(125-71-41-29-21-13-5)83-91(80-88)126-72-42-30-22-14-6)89-81-92(127-73-43-31-23-15-7)84-93(82-89)128-74-44-32-24-16-8/h49-59,61,63-70,79-84,116,119H,9-48,71-78H2,1-8H3,(H,123,124). The summed E-state index contributed by atoms with van der Waals surface area (Å²) in [5, 5.41) is 9.90. The number of carboxylic acid groups (broad SMARTS) is 1. The van der Waals surface area contributed by atoms with Crippen molar-refractivity contribution in [2.75, 3.05) is 57.8 Å². The van der Waals surface area contributed by atoms with Gasteiger partial charge in [-0.05, 0) is 148 Å². The maximum Gasteiger partial charge on any atom is 0.335 e. The zero-order valence-electron chi connectivity index (χ0n) is 81.2. The van der Waals surface area contributed by atoms with E-state index in [2.05, 4.69) is 203 Å².